The van der Waals surface area contributed by atoms with E-state index in [1.807, 2.05) is 19.2 Å². The average molecular weight is 482 g/mol. The molecular formula is C24H24F2N6O3. The quantitative estimate of drug-likeness (QED) is 0.675. The van der Waals surface area contributed by atoms with E-state index in [4.69, 9.17) is 5.26 Å². The fourth-order valence-electron chi connectivity index (χ4n) is 4.36. The lowest BCUT2D eigenvalue weighted by Crippen LogP contribution is -2.43. The molecule has 3 amide bonds. The molecule has 1 aromatic heterocycles. The van der Waals surface area contributed by atoms with Crippen molar-refractivity contribution in [2.24, 2.45) is 0 Å². The van der Waals surface area contributed by atoms with E-state index >= 15 is 0 Å². The zero-order valence-corrected chi connectivity index (χ0v) is 19.1. The van der Waals surface area contributed by atoms with Crippen molar-refractivity contribution >= 4 is 29.1 Å². The van der Waals surface area contributed by atoms with Crippen LogP contribution in [0.25, 0.3) is 0 Å². The van der Waals surface area contributed by atoms with Gasteiger partial charge >= 0.3 is 0 Å². The van der Waals surface area contributed by atoms with Gasteiger partial charge in [0, 0.05) is 37.5 Å². The van der Waals surface area contributed by atoms with Crippen LogP contribution in [-0.2, 0) is 11.2 Å². The van der Waals surface area contributed by atoms with Crippen molar-refractivity contribution in [3.8, 4) is 6.07 Å². The number of likely N-dealkylation sites (tertiary alicyclic amines) is 1. The Kier molecular flexibility index (Phi) is 6.64. The van der Waals surface area contributed by atoms with Crippen LogP contribution in [0.5, 0.6) is 0 Å². The van der Waals surface area contributed by atoms with Crippen molar-refractivity contribution in [1.82, 2.24) is 15.2 Å². The Hall–Kier alpha value is -4.07. The van der Waals surface area contributed by atoms with Gasteiger partial charge in [0.1, 0.15) is 6.04 Å². The number of hydrogen-bond acceptors (Lipinski definition) is 6. The Morgan fingerprint density at radius 2 is 2.06 bits per heavy atom. The fraction of sp³-hybridized carbons (Fsp3) is 0.375. The summed E-state index contributed by atoms with van der Waals surface area (Å²) in [6.07, 6.45) is 3.79. The number of aryl methyl sites for hydroxylation is 1. The molecule has 3 heterocycles. The molecule has 0 bridgehead atoms. The number of halogens is 2. The number of amides is 3. The lowest BCUT2D eigenvalue weighted by Gasteiger charge is -2.27. The standard InChI is InChI=1S/C24H24F2N6O3/c1-31-8-2-3-15-9-16(4-5-20(15)31)22(34)30-19-12-28-7-6-18(19)23(35)29-13-21(33)32-14-24(25,26)10-17(32)11-27/h4-7,9,12,17H,2-3,8,10,13-14H2,1H3,(H,29,35)(H,30,34)/t17-/m0/s1. The molecule has 2 aromatic rings. The van der Waals surface area contributed by atoms with Gasteiger partial charge in [-0.05, 0) is 42.7 Å². The summed E-state index contributed by atoms with van der Waals surface area (Å²) in [4.78, 5) is 44.8. The molecule has 1 aromatic carbocycles. The van der Waals surface area contributed by atoms with Gasteiger partial charge in [0.25, 0.3) is 17.7 Å². The summed E-state index contributed by atoms with van der Waals surface area (Å²) in [7, 11) is 2.00. The predicted molar refractivity (Wildman–Crippen MR) is 123 cm³/mol. The molecule has 0 spiro atoms. The second kappa shape index (κ2) is 9.66. The number of nitrogens with one attached hydrogen (secondary N) is 2. The maximum Gasteiger partial charge on any atom is 0.268 e. The molecular weight excluding hydrogens is 458 g/mol. The lowest BCUT2D eigenvalue weighted by molar-refractivity contribution is -0.131. The third kappa shape index (κ3) is 5.21. The van der Waals surface area contributed by atoms with Crippen LogP contribution in [0.2, 0.25) is 0 Å². The Morgan fingerprint density at radius 3 is 2.83 bits per heavy atom. The van der Waals surface area contributed by atoms with E-state index in [2.05, 4.69) is 20.5 Å². The highest BCUT2D eigenvalue weighted by Crippen LogP contribution is 2.31. The summed E-state index contributed by atoms with van der Waals surface area (Å²) >= 11 is 0. The van der Waals surface area contributed by atoms with Gasteiger partial charge in [-0.15, -0.1) is 0 Å². The molecule has 11 heteroatoms. The van der Waals surface area contributed by atoms with Crippen LogP contribution in [0.15, 0.2) is 36.7 Å². The highest BCUT2D eigenvalue weighted by Gasteiger charge is 2.47. The molecule has 0 aliphatic carbocycles. The molecule has 2 aliphatic heterocycles. The van der Waals surface area contributed by atoms with Crippen molar-refractivity contribution in [3.05, 3.63) is 53.3 Å². The van der Waals surface area contributed by atoms with Crippen molar-refractivity contribution in [1.29, 1.82) is 5.26 Å². The minimum Gasteiger partial charge on any atom is -0.374 e. The Bertz CT molecular complexity index is 1210. The van der Waals surface area contributed by atoms with E-state index in [-0.39, 0.29) is 11.3 Å². The highest BCUT2D eigenvalue weighted by molar-refractivity contribution is 6.09. The number of fused-ring (bicyclic) bond motifs is 1. The molecule has 9 nitrogen and oxygen atoms in total. The van der Waals surface area contributed by atoms with Gasteiger partial charge in [0.05, 0.1) is 36.6 Å². The van der Waals surface area contributed by atoms with Gasteiger partial charge in [-0.2, -0.15) is 5.26 Å². The van der Waals surface area contributed by atoms with E-state index in [0.29, 0.717) is 5.56 Å². The van der Waals surface area contributed by atoms with Gasteiger partial charge in [-0.3, -0.25) is 19.4 Å². The predicted octanol–water partition coefficient (Wildman–Crippen LogP) is 2.21. The van der Waals surface area contributed by atoms with E-state index in [0.717, 1.165) is 35.5 Å². The summed E-state index contributed by atoms with van der Waals surface area (Å²) in [5, 5.41) is 14.1. The van der Waals surface area contributed by atoms with Crippen LogP contribution in [0.4, 0.5) is 20.2 Å². The number of nitrogens with zero attached hydrogens (tertiary/aromatic N) is 4. The van der Waals surface area contributed by atoms with E-state index in [1.165, 1.54) is 18.5 Å². The Morgan fingerprint density at radius 1 is 1.26 bits per heavy atom. The number of rotatable bonds is 5. The van der Waals surface area contributed by atoms with E-state index in [1.54, 1.807) is 12.1 Å². The average Bonchev–Trinajstić information content (AvgIpc) is 3.17. The summed E-state index contributed by atoms with van der Waals surface area (Å²) in [6.45, 7) is -0.485. The topological polar surface area (TPSA) is 118 Å². The lowest BCUT2D eigenvalue weighted by atomic mass is 9.99. The second-order valence-electron chi connectivity index (χ2n) is 8.65. The summed E-state index contributed by atoms with van der Waals surface area (Å²) in [6, 6.07) is 7.24. The largest absolute Gasteiger partial charge is 0.374 e. The van der Waals surface area contributed by atoms with Crippen LogP contribution < -0.4 is 15.5 Å². The zero-order valence-electron chi connectivity index (χ0n) is 19.1. The highest BCUT2D eigenvalue weighted by atomic mass is 19.3. The van der Waals surface area contributed by atoms with Crippen LogP contribution >= 0.6 is 0 Å². The van der Waals surface area contributed by atoms with Crippen LogP contribution in [0.3, 0.4) is 0 Å². The van der Waals surface area contributed by atoms with Crippen LogP contribution in [0, 0.1) is 11.3 Å². The smallest absolute Gasteiger partial charge is 0.268 e. The van der Waals surface area contributed by atoms with Crippen molar-refractivity contribution in [2.75, 3.05) is 36.9 Å². The van der Waals surface area contributed by atoms with Crippen molar-refractivity contribution in [2.45, 2.75) is 31.2 Å². The molecule has 0 unspecified atom stereocenters. The van der Waals surface area contributed by atoms with E-state index in [9.17, 15) is 23.2 Å². The van der Waals surface area contributed by atoms with Gasteiger partial charge in [-0.25, -0.2) is 8.78 Å². The zero-order chi connectivity index (χ0) is 25.2. The van der Waals surface area contributed by atoms with Gasteiger partial charge in [-0.1, -0.05) is 0 Å². The third-order valence-electron chi connectivity index (χ3n) is 6.15. The first kappa shape index (κ1) is 24.1. The molecule has 2 N–H and O–H groups in total. The fourth-order valence-corrected chi connectivity index (χ4v) is 4.36. The minimum absolute atomic E-state index is 0.0578. The normalized spacial score (nSPS) is 18.4. The van der Waals surface area contributed by atoms with E-state index < -0.39 is 49.2 Å². The van der Waals surface area contributed by atoms with Crippen LogP contribution in [0.1, 0.15) is 39.1 Å². The monoisotopic (exact) mass is 482 g/mol. The number of carbonyl (C=O) groups is 3. The third-order valence-corrected chi connectivity index (χ3v) is 6.15. The summed E-state index contributed by atoms with van der Waals surface area (Å²) in [5.74, 6) is -5.05. The summed E-state index contributed by atoms with van der Waals surface area (Å²) < 4.78 is 27.2. The molecule has 2 aliphatic rings. The number of pyridine rings is 1. The Balaban J connectivity index is 1.43. The number of alkyl halides is 2. The minimum atomic E-state index is -3.14. The first-order valence-electron chi connectivity index (χ1n) is 11.1. The number of anilines is 2. The number of benzene rings is 1. The second-order valence-corrected chi connectivity index (χ2v) is 8.65. The molecule has 4 rings (SSSR count). The van der Waals surface area contributed by atoms with Crippen molar-refractivity contribution in [3.63, 3.8) is 0 Å². The van der Waals surface area contributed by atoms with Gasteiger partial charge in [0.2, 0.25) is 5.91 Å². The Labute approximate surface area is 200 Å². The maximum atomic E-state index is 13.6. The molecule has 1 atom stereocenters. The van der Waals surface area contributed by atoms with Gasteiger partial charge in [0.15, 0.2) is 0 Å². The summed E-state index contributed by atoms with van der Waals surface area (Å²) in [5.41, 5.74) is 2.77. The maximum absolute atomic E-state index is 13.6. The molecule has 1 saturated heterocycles. The van der Waals surface area contributed by atoms with Crippen LogP contribution in [-0.4, -0.2) is 66.3 Å². The SMILES string of the molecule is CN1CCCc2cc(C(=O)Nc3cnccc3C(=O)NCC(=O)N3CC(F)(F)C[C@H]3C#N)ccc21. The number of hydrogen-bond donors (Lipinski definition) is 2. The number of aromatic nitrogens is 1. The number of nitriles is 1. The molecule has 0 saturated carbocycles. The first-order valence-corrected chi connectivity index (χ1v) is 11.1. The number of carbonyl (C=O) groups excluding carboxylic acids is 3. The molecule has 1 fully saturated rings. The molecule has 182 valence electrons. The van der Waals surface area contributed by atoms with Gasteiger partial charge < -0.3 is 20.4 Å². The van der Waals surface area contributed by atoms with Crippen molar-refractivity contribution < 1.29 is 23.2 Å². The molecule has 0 radical (unpaired) electrons. The first-order chi connectivity index (χ1) is 16.7. The molecule has 35 heavy (non-hydrogen) atoms.